The fourth-order valence-electron chi connectivity index (χ4n) is 1.61. The summed E-state index contributed by atoms with van der Waals surface area (Å²) in [7, 11) is 0. The number of aryl methyl sites for hydroxylation is 1. The molecule has 1 aromatic carbocycles. The Balaban J connectivity index is 2.64. The third-order valence-electron chi connectivity index (χ3n) is 2.31. The maximum absolute atomic E-state index is 13.6. The molecule has 0 atom stereocenters. The van der Waals surface area contributed by atoms with Gasteiger partial charge in [0.2, 0.25) is 0 Å². The first kappa shape index (κ1) is 10.6. The SMILES string of the molecule is CCc1nccn1-c1c(F)cc(N)cc1F. The van der Waals surface area contributed by atoms with E-state index in [-0.39, 0.29) is 11.4 Å². The van der Waals surface area contributed by atoms with E-state index < -0.39 is 11.6 Å². The van der Waals surface area contributed by atoms with Gasteiger partial charge < -0.3 is 5.73 Å². The Morgan fingerprint density at radius 2 is 1.94 bits per heavy atom. The minimum absolute atomic E-state index is 0.0666. The molecule has 0 unspecified atom stereocenters. The van der Waals surface area contributed by atoms with Gasteiger partial charge in [-0.05, 0) is 12.1 Å². The van der Waals surface area contributed by atoms with Crippen LogP contribution in [0.3, 0.4) is 0 Å². The molecule has 0 aliphatic carbocycles. The summed E-state index contributed by atoms with van der Waals surface area (Å²) < 4.78 is 28.6. The zero-order chi connectivity index (χ0) is 11.7. The number of halogens is 2. The van der Waals surface area contributed by atoms with Crippen LogP contribution >= 0.6 is 0 Å². The van der Waals surface area contributed by atoms with Gasteiger partial charge in [0.1, 0.15) is 11.5 Å². The minimum Gasteiger partial charge on any atom is -0.399 e. The van der Waals surface area contributed by atoms with E-state index in [4.69, 9.17) is 5.73 Å². The second-order valence-electron chi connectivity index (χ2n) is 3.40. The van der Waals surface area contributed by atoms with Crippen molar-refractivity contribution in [1.29, 1.82) is 0 Å². The molecule has 2 aromatic rings. The quantitative estimate of drug-likeness (QED) is 0.794. The summed E-state index contributed by atoms with van der Waals surface area (Å²) in [5.74, 6) is -0.780. The molecule has 0 radical (unpaired) electrons. The molecule has 0 saturated heterocycles. The van der Waals surface area contributed by atoms with Gasteiger partial charge in [-0.15, -0.1) is 0 Å². The number of nitrogens with two attached hydrogens (primary N) is 1. The van der Waals surface area contributed by atoms with Gasteiger partial charge in [-0.3, -0.25) is 4.57 Å². The lowest BCUT2D eigenvalue weighted by Crippen LogP contribution is -2.05. The molecule has 0 saturated carbocycles. The summed E-state index contributed by atoms with van der Waals surface area (Å²) in [6, 6.07) is 2.19. The highest BCUT2D eigenvalue weighted by Crippen LogP contribution is 2.22. The van der Waals surface area contributed by atoms with Crippen LogP contribution in [0.2, 0.25) is 0 Å². The van der Waals surface area contributed by atoms with Crippen molar-refractivity contribution in [2.75, 3.05) is 5.73 Å². The molecule has 1 heterocycles. The molecule has 3 nitrogen and oxygen atoms in total. The largest absolute Gasteiger partial charge is 0.399 e. The Morgan fingerprint density at radius 1 is 1.31 bits per heavy atom. The van der Waals surface area contributed by atoms with Gasteiger partial charge in [0.05, 0.1) is 0 Å². The van der Waals surface area contributed by atoms with Crippen LogP contribution in [-0.2, 0) is 6.42 Å². The molecule has 2 N–H and O–H groups in total. The van der Waals surface area contributed by atoms with Gasteiger partial charge in [0.15, 0.2) is 11.6 Å². The standard InChI is InChI=1S/C11H11F2N3/c1-2-10-15-3-4-16(10)11-8(12)5-7(14)6-9(11)13/h3-6H,2,14H2,1H3. The zero-order valence-electron chi connectivity index (χ0n) is 8.74. The fourth-order valence-corrected chi connectivity index (χ4v) is 1.61. The molecule has 84 valence electrons. The van der Waals surface area contributed by atoms with Gasteiger partial charge in [-0.1, -0.05) is 6.92 Å². The lowest BCUT2D eigenvalue weighted by molar-refractivity contribution is 0.567. The molecule has 1 aromatic heterocycles. The zero-order valence-corrected chi connectivity index (χ0v) is 8.74. The number of imidazole rings is 1. The van der Waals surface area contributed by atoms with E-state index in [1.54, 1.807) is 0 Å². The first-order valence-electron chi connectivity index (χ1n) is 4.90. The molecule has 0 fully saturated rings. The van der Waals surface area contributed by atoms with E-state index in [0.717, 1.165) is 12.1 Å². The Hall–Kier alpha value is -1.91. The van der Waals surface area contributed by atoms with Crippen LogP contribution < -0.4 is 5.73 Å². The number of nitrogens with zero attached hydrogens (tertiary/aromatic N) is 2. The molecule has 0 aliphatic heterocycles. The number of benzene rings is 1. The molecule has 0 spiro atoms. The molecule has 0 amide bonds. The van der Waals surface area contributed by atoms with Gasteiger partial charge in [-0.25, -0.2) is 13.8 Å². The number of hydrogen-bond acceptors (Lipinski definition) is 2. The Labute approximate surface area is 91.5 Å². The summed E-state index contributed by atoms with van der Waals surface area (Å²) >= 11 is 0. The van der Waals surface area contributed by atoms with Crippen molar-refractivity contribution in [1.82, 2.24) is 9.55 Å². The van der Waals surface area contributed by atoms with E-state index in [9.17, 15) is 8.78 Å². The molecule has 16 heavy (non-hydrogen) atoms. The first-order chi connectivity index (χ1) is 7.63. The summed E-state index contributed by atoms with van der Waals surface area (Å²) in [6.07, 6.45) is 3.63. The van der Waals surface area contributed by atoms with Crippen LogP contribution in [0, 0.1) is 11.6 Å². The predicted molar refractivity (Wildman–Crippen MR) is 57.3 cm³/mol. The molecule has 5 heteroatoms. The number of aromatic nitrogens is 2. The van der Waals surface area contributed by atoms with Crippen molar-refractivity contribution in [3.05, 3.63) is 42.0 Å². The lowest BCUT2D eigenvalue weighted by atomic mass is 10.2. The summed E-state index contributed by atoms with van der Waals surface area (Å²) in [6.45, 7) is 1.87. The maximum atomic E-state index is 13.6. The number of hydrogen-bond donors (Lipinski definition) is 1. The molecule has 0 aliphatic rings. The minimum atomic E-state index is -0.690. The van der Waals surface area contributed by atoms with E-state index >= 15 is 0 Å². The average molecular weight is 223 g/mol. The Morgan fingerprint density at radius 3 is 2.50 bits per heavy atom. The fraction of sp³-hybridized carbons (Fsp3) is 0.182. The van der Waals surface area contributed by atoms with Gasteiger partial charge in [-0.2, -0.15) is 0 Å². The lowest BCUT2D eigenvalue weighted by Gasteiger charge is -2.09. The third-order valence-corrected chi connectivity index (χ3v) is 2.31. The summed E-state index contributed by atoms with van der Waals surface area (Å²) in [4.78, 5) is 4.01. The number of rotatable bonds is 2. The second-order valence-corrected chi connectivity index (χ2v) is 3.40. The van der Waals surface area contributed by atoms with Gasteiger partial charge in [0, 0.05) is 24.5 Å². The maximum Gasteiger partial charge on any atom is 0.152 e. The predicted octanol–water partition coefficient (Wildman–Crippen LogP) is 2.30. The number of anilines is 1. The van der Waals surface area contributed by atoms with Crippen molar-refractivity contribution < 1.29 is 8.78 Å². The first-order valence-corrected chi connectivity index (χ1v) is 4.90. The van der Waals surface area contributed by atoms with Crippen LogP contribution in [0.15, 0.2) is 24.5 Å². The van der Waals surface area contributed by atoms with Crippen molar-refractivity contribution in [3.8, 4) is 5.69 Å². The van der Waals surface area contributed by atoms with Crippen molar-refractivity contribution in [2.45, 2.75) is 13.3 Å². The van der Waals surface area contributed by atoms with Gasteiger partial charge in [0.25, 0.3) is 0 Å². The van der Waals surface area contributed by atoms with Crippen molar-refractivity contribution in [2.24, 2.45) is 0 Å². The van der Waals surface area contributed by atoms with E-state index in [2.05, 4.69) is 4.98 Å². The third kappa shape index (κ3) is 1.64. The van der Waals surface area contributed by atoms with Crippen LogP contribution in [0.5, 0.6) is 0 Å². The highest BCUT2D eigenvalue weighted by Gasteiger charge is 2.14. The normalized spacial score (nSPS) is 10.7. The van der Waals surface area contributed by atoms with Crippen LogP contribution in [0.4, 0.5) is 14.5 Å². The van der Waals surface area contributed by atoms with E-state index in [1.165, 1.54) is 17.0 Å². The van der Waals surface area contributed by atoms with E-state index in [1.807, 2.05) is 6.92 Å². The smallest absolute Gasteiger partial charge is 0.152 e. The Kier molecular flexibility index (Phi) is 2.60. The van der Waals surface area contributed by atoms with Crippen molar-refractivity contribution in [3.63, 3.8) is 0 Å². The average Bonchev–Trinajstić information content (AvgIpc) is 2.64. The second kappa shape index (κ2) is 3.92. The van der Waals surface area contributed by atoms with Crippen LogP contribution in [-0.4, -0.2) is 9.55 Å². The monoisotopic (exact) mass is 223 g/mol. The van der Waals surface area contributed by atoms with Gasteiger partial charge >= 0.3 is 0 Å². The summed E-state index contributed by atoms with van der Waals surface area (Å²) in [5.41, 5.74) is 5.28. The van der Waals surface area contributed by atoms with E-state index in [0.29, 0.717) is 12.2 Å². The van der Waals surface area contributed by atoms with Crippen LogP contribution in [0.25, 0.3) is 5.69 Å². The van der Waals surface area contributed by atoms with Crippen molar-refractivity contribution >= 4 is 5.69 Å². The molecule has 0 bridgehead atoms. The highest BCUT2D eigenvalue weighted by molar-refractivity contribution is 5.48. The Bertz CT molecular complexity index is 497. The summed E-state index contributed by atoms with van der Waals surface area (Å²) in [5, 5.41) is 0. The molecular formula is C11H11F2N3. The number of nitrogen functional groups attached to an aromatic ring is 1. The highest BCUT2D eigenvalue weighted by atomic mass is 19.1. The topological polar surface area (TPSA) is 43.8 Å². The van der Waals surface area contributed by atoms with Crippen LogP contribution in [0.1, 0.15) is 12.7 Å². The molecular weight excluding hydrogens is 212 g/mol. The molecule has 2 rings (SSSR count).